The van der Waals surface area contributed by atoms with Crippen LogP contribution < -0.4 is 15.0 Å². The Balaban J connectivity index is 1.65. The summed E-state index contributed by atoms with van der Waals surface area (Å²) in [6.45, 7) is 0.512. The zero-order valence-corrected chi connectivity index (χ0v) is 12.9. The Morgan fingerprint density at radius 3 is 2.59 bits per heavy atom. The lowest BCUT2D eigenvalue weighted by atomic mass is 10.0. The summed E-state index contributed by atoms with van der Waals surface area (Å²) in [6, 6.07) is 15.6. The van der Waals surface area contributed by atoms with Gasteiger partial charge in [-0.15, -0.1) is 0 Å². The van der Waals surface area contributed by atoms with Crippen molar-refractivity contribution < 1.29 is 9.53 Å². The second-order valence-electron chi connectivity index (χ2n) is 5.73. The second kappa shape index (κ2) is 6.10. The van der Waals surface area contributed by atoms with E-state index in [1.54, 1.807) is 0 Å². The van der Waals surface area contributed by atoms with Crippen LogP contribution in [0.2, 0.25) is 0 Å². The average molecular weight is 296 g/mol. The van der Waals surface area contributed by atoms with E-state index in [-0.39, 0.29) is 11.9 Å². The number of carbonyl (C=O) groups is 1. The van der Waals surface area contributed by atoms with E-state index in [1.165, 1.54) is 0 Å². The van der Waals surface area contributed by atoms with Gasteiger partial charge in [0.1, 0.15) is 12.4 Å². The number of anilines is 1. The van der Waals surface area contributed by atoms with Crippen LogP contribution in [0.5, 0.6) is 5.75 Å². The molecule has 2 aromatic carbocycles. The summed E-state index contributed by atoms with van der Waals surface area (Å²) in [5.41, 5.74) is 2.89. The van der Waals surface area contributed by atoms with Gasteiger partial charge >= 0.3 is 0 Å². The second-order valence-corrected chi connectivity index (χ2v) is 5.73. The first-order valence-electron chi connectivity index (χ1n) is 7.42. The van der Waals surface area contributed by atoms with Crippen LogP contribution in [0.1, 0.15) is 15.9 Å². The molecule has 1 N–H and O–H groups in total. The molecule has 1 heterocycles. The summed E-state index contributed by atoms with van der Waals surface area (Å²) in [5, 5.41) is 3.05. The number of para-hydroxylation sites is 1. The Bertz CT molecular complexity index is 665. The maximum Gasteiger partial charge on any atom is 0.251 e. The highest BCUT2D eigenvalue weighted by Crippen LogP contribution is 2.24. The monoisotopic (exact) mass is 296 g/mol. The van der Waals surface area contributed by atoms with Gasteiger partial charge in [-0.1, -0.05) is 18.2 Å². The fourth-order valence-corrected chi connectivity index (χ4v) is 2.60. The highest BCUT2D eigenvalue weighted by Gasteiger charge is 2.21. The third kappa shape index (κ3) is 3.06. The molecule has 0 bridgehead atoms. The molecule has 4 nitrogen and oxygen atoms in total. The van der Waals surface area contributed by atoms with E-state index in [1.807, 2.05) is 67.5 Å². The van der Waals surface area contributed by atoms with Gasteiger partial charge in [0.05, 0.1) is 6.04 Å². The lowest BCUT2D eigenvalue weighted by Crippen LogP contribution is -2.42. The summed E-state index contributed by atoms with van der Waals surface area (Å²) in [5.74, 6) is 0.863. The van der Waals surface area contributed by atoms with Crippen molar-refractivity contribution in [3.8, 4) is 5.75 Å². The molecule has 2 aromatic rings. The lowest BCUT2D eigenvalue weighted by molar-refractivity contribution is 0.0915. The molecule has 1 amide bonds. The van der Waals surface area contributed by atoms with E-state index in [2.05, 4.69) is 5.32 Å². The van der Waals surface area contributed by atoms with Gasteiger partial charge in [-0.05, 0) is 42.3 Å². The topological polar surface area (TPSA) is 41.6 Å². The number of ether oxygens (including phenoxy) is 1. The minimum atomic E-state index is -0.0571. The first-order valence-corrected chi connectivity index (χ1v) is 7.42. The van der Waals surface area contributed by atoms with Gasteiger partial charge in [-0.2, -0.15) is 0 Å². The van der Waals surface area contributed by atoms with E-state index in [4.69, 9.17) is 4.74 Å². The molecule has 0 saturated heterocycles. The SMILES string of the molecule is CN(C)c1ccc(C(=O)NC2COc3ccccc3C2)cc1. The third-order valence-corrected chi connectivity index (χ3v) is 3.86. The molecule has 0 fully saturated rings. The van der Waals surface area contributed by atoms with Crippen molar-refractivity contribution in [2.75, 3.05) is 25.6 Å². The highest BCUT2D eigenvalue weighted by atomic mass is 16.5. The molecule has 4 heteroatoms. The van der Waals surface area contributed by atoms with Gasteiger partial charge in [0.15, 0.2) is 0 Å². The lowest BCUT2D eigenvalue weighted by Gasteiger charge is -2.26. The van der Waals surface area contributed by atoms with E-state index < -0.39 is 0 Å². The van der Waals surface area contributed by atoms with E-state index in [0.29, 0.717) is 12.2 Å². The molecule has 114 valence electrons. The molecule has 1 aliphatic rings. The number of hydrogen-bond acceptors (Lipinski definition) is 3. The number of fused-ring (bicyclic) bond motifs is 1. The maximum absolute atomic E-state index is 12.3. The third-order valence-electron chi connectivity index (χ3n) is 3.86. The molecule has 0 spiro atoms. The van der Waals surface area contributed by atoms with Crippen molar-refractivity contribution in [1.82, 2.24) is 5.32 Å². The van der Waals surface area contributed by atoms with Crippen LogP contribution in [0.15, 0.2) is 48.5 Å². The molecule has 0 radical (unpaired) electrons. The Morgan fingerprint density at radius 2 is 1.86 bits per heavy atom. The number of carbonyl (C=O) groups excluding carboxylic acids is 1. The van der Waals surface area contributed by atoms with Crippen molar-refractivity contribution in [1.29, 1.82) is 0 Å². The quantitative estimate of drug-likeness (QED) is 0.946. The fourth-order valence-electron chi connectivity index (χ4n) is 2.60. The van der Waals surface area contributed by atoms with Gasteiger partial charge in [-0.25, -0.2) is 0 Å². The smallest absolute Gasteiger partial charge is 0.251 e. The maximum atomic E-state index is 12.3. The molecule has 0 saturated carbocycles. The minimum Gasteiger partial charge on any atom is -0.491 e. The predicted octanol–water partition coefficient (Wildman–Crippen LogP) is 2.49. The largest absolute Gasteiger partial charge is 0.491 e. The molecule has 1 atom stereocenters. The van der Waals surface area contributed by atoms with Crippen LogP contribution in [0.4, 0.5) is 5.69 Å². The molecule has 1 unspecified atom stereocenters. The Morgan fingerprint density at radius 1 is 1.14 bits per heavy atom. The van der Waals surface area contributed by atoms with Crippen LogP contribution in [-0.4, -0.2) is 32.7 Å². The van der Waals surface area contributed by atoms with Crippen molar-refractivity contribution >= 4 is 11.6 Å². The summed E-state index contributed by atoms with van der Waals surface area (Å²) in [4.78, 5) is 14.3. The predicted molar refractivity (Wildman–Crippen MR) is 87.7 cm³/mol. The Kier molecular flexibility index (Phi) is 4.00. The molecule has 0 aliphatic carbocycles. The van der Waals surface area contributed by atoms with Crippen LogP contribution in [0, 0.1) is 0 Å². The average Bonchev–Trinajstić information content (AvgIpc) is 2.55. The van der Waals surface area contributed by atoms with Crippen molar-refractivity contribution in [2.24, 2.45) is 0 Å². The Hall–Kier alpha value is -2.49. The van der Waals surface area contributed by atoms with Crippen LogP contribution in [0.25, 0.3) is 0 Å². The van der Waals surface area contributed by atoms with Gasteiger partial charge in [0, 0.05) is 25.3 Å². The first-order chi connectivity index (χ1) is 10.6. The van der Waals surface area contributed by atoms with Crippen molar-refractivity contribution in [2.45, 2.75) is 12.5 Å². The van der Waals surface area contributed by atoms with Crippen LogP contribution in [-0.2, 0) is 6.42 Å². The zero-order valence-electron chi connectivity index (χ0n) is 12.9. The van der Waals surface area contributed by atoms with Crippen molar-refractivity contribution in [3.63, 3.8) is 0 Å². The summed E-state index contributed by atoms with van der Waals surface area (Å²) >= 11 is 0. The number of amides is 1. The molecular weight excluding hydrogens is 276 g/mol. The number of hydrogen-bond donors (Lipinski definition) is 1. The van der Waals surface area contributed by atoms with Crippen LogP contribution >= 0.6 is 0 Å². The molecule has 0 aromatic heterocycles. The molecule has 1 aliphatic heterocycles. The molecule has 3 rings (SSSR count). The number of nitrogens with one attached hydrogen (secondary N) is 1. The molecule has 22 heavy (non-hydrogen) atoms. The van der Waals surface area contributed by atoms with E-state index in [0.717, 1.165) is 23.4 Å². The summed E-state index contributed by atoms with van der Waals surface area (Å²) in [6.07, 6.45) is 0.803. The van der Waals surface area contributed by atoms with Gasteiger partial charge in [-0.3, -0.25) is 4.79 Å². The summed E-state index contributed by atoms with van der Waals surface area (Å²) in [7, 11) is 3.96. The number of benzene rings is 2. The van der Waals surface area contributed by atoms with Gasteiger partial charge in [0.25, 0.3) is 5.91 Å². The van der Waals surface area contributed by atoms with Crippen molar-refractivity contribution in [3.05, 3.63) is 59.7 Å². The molecular formula is C18H20N2O2. The fraction of sp³-hybridized carbons (Fsp3) is 0.278. The zero-order chi connectivity index (χ0) is 15.5. The summed E-state index contributed by atoms with van der Waals surface area (Å²) < 4.78 is 5.70. The minimum absolute atomic E-state index is 0.0101. The Labute approximate surface area is 130 Å². The first kappa shape index (κ1) is 14.4. The number of nitrogens with zero attached hydrogens (tertiary/aromatic N) is 1. The highest BCUT2D eigenvalue weighted by molar-refractivity contribution is 5.94. The number of rotatable bonds is 3. The van der Waals surface area contributed by atoms with E-state index >= 15 is 0 Å². The standard InChI is InChI=1S/C18H20N2O2/c1-20(2)16-9-7-13(8-10-16)18(21)19-15-11-14-5-3-4-6-17(14)22-12-15/h3-10,15H,11-12H2,1-2H3,(H,19,21). The van der Waals surface area contributed by atoms with Crippen LogP contribution in [0.3, 0.4) is 0 Å². The van der Waals surface area contributed by atoms with Gasteiger partial charge < -0.3 is 15.0 Å². The normalized spacial score (nSPS) is 16.4. The van der Waals surface area contributed by atoms with E-state index in [9.17, 15) is 4.79 Å². The van der Waals surface area contributed by atoms with Gasteiger partial charge in [0.2, 0.25) is 0 Å².